The van der Waals surface area contributed by atoms with E-state index >= 15 is 0 Å². The molecule has 5 N–H and O–H groups in total. The van der Waals surface area contributed by atoms with Crippen molar-refractivity contribution in [3.63, 3.8) is 0 Å². The van der Waals surface area contributed by atoms with Crippen LogP contribution in [0.15, 0.2) is 72.8 Å². The molecule has 0 spiro atoms. The van der Waals surface area contributed by atoms with Crippen molar-refractivity contribution in [2.75, 3.05) is 11.9 Å². The molecule has 0 aliphatic carbocycles. The minimum absolute atomic E-state index is 0.00536. The van der Waals surface area contributed by atoms with Crippen molar-refractivity contribution in [2.45, 2.75) is 44.9 Å². The van der Waals surface area contributed by atoms with Gasteiger partial charge < -0.3 is 26.0 Å². The summed E-state index contributed by atoms with van der Waals surface area (Å²) in [6.45, 7) is 2.14. The van der Waals surface area contributed by atoms with Gasteiger partial charge in [-0.25, -0.2) is 0 Å². The average Bonchev–Trinajstić information content (AvgIpc) is 2.82. The van der Waals surface area contributed by atoms with E-state index in [9.17, 15) is 20.1 Å². The molecule has 0 saturated carbocycles. The molecule has 0 aromatic heterocycles. The number of aryl methyl sites for hydroxylation is 1. The van der Waals surface area contributed by atoms with Crippen LogP contribution in [-0.2, 0) is 24.2 Å². The largest absolute Gasteiger partial charge is 0.508 e. The van der Waals surface area contributed by atoms with Gasteiger partial charge in [-0.15, -0.1) is 0 Å². The predicted octanol–water partition coefficient (Wildman–Crippen LogP) is 3.71. The van der Waals surface area contributed by atoms with Gasteiger partial charge in [0.2, 0.25) is 5.91 Å². The highest BCUT2D eigenvalue weighted by Crippen LogP contribution is 2.22. The molecule has 2 atom stereocenters. The number of carbonyl (C=O) groups is 1. The Morgan fingerprint density at radius 1 is 0.970 bits per heavy atom. The maximum absolute atomic E-state index is 12.2. The molecule has 3 rings (SSSR count). The number of hydrogen-bond donors (Lipinski definition) is 5. The van der Waals surface area contributed by atoms with Crippen LogP contribution in [0.25, 0.3) is 0 Å². The number of benzene rings is 3. The molecule has 3 aromatic rings. The first-order chi connectivity index (χ1) is 15.9. The second kappa shape index (κ2) is 12.2. The number of hydrogen-bond acceptors (Lipinski definition) is 5. The van der Waals surface area contributed by atoms with E-state index in [4.69, 9.17) is 0 Å². The van der Waals surface area contributed by atoms with Crippen LogP contribution in [0, 0.1) is 0 Å². The lowest BCUT2D eigenvalue weighted by atomic mass is 10.0. The maximum Gasteiger partial charge on any atom is 0.224 e. The average molecular weight is 449 g/mol. The van der Waals surface area contributed by atoms with E-state index in [2.05, 4.69) is 29.7 Å². The highest BCUT2D eigenvalue weighted by atomic mass is 16.3. The van der Waals surface area contributed by atoms with Crippen molar-refractivity contribution >= 4 is 11.6 Å². The van der Waals surface area contributed by atoms with Gasteiger partial charge >= 0.3 is 0 Å². The van der Waals surface area contributed by atoms with Crippen LogP contribution in [0.3, 0.4) is 0 Å². The number of anilines is 1. The van der Waals surface area contributed by atoms with Gasteiger partial charge in [-0.05, 0) is 60.7 Å². The summed E-state index contributed by atoms with van der Waals surface area (Å²) in [5.41, 5.74) is 4.13. The van der Waals surface area contributed by atoms with Crippen LogP contribution in [0.1, 0.15) is 41.7 Å². The van der Waals surface area contributed by atoms with E-state index in [1.165, 1.54) is 6.07 Å². The Balaban J connectivity index is 1.46. The molecule has 0 aliphatic heterocycles. The SMILES string of the molecule is C[C@H](Cc1cccc(CCC(=O)Nc2ccccc2)c1)NC[C@H](O)c1ccc(O)c(CO)c1. The minimum Gasteiger partial charge on any atom is -0.508 e. The first-order valence-electron chi connectivity index (χ1n) is 11.2. The second-order valence-corrected chi connectivity index (χ2v) is 8.31. The van der Waals surface area contributed by atoms with Gasteiger partial charge in [0.15, 0.2) is 0 Å². The summed E-state index contributed by atoms with van der Waals surface area (Å²) in [5, 5.41) is 35.7. The summed E-state index contributed by atoms with van der Waals surface area (Å²) in [4.78, 5) is 12.2. The van der Waals surface area contributed by atoms with E-state index in [-0.39, 0.29) is 24.3 Å². The first-order valence-corrected chi connectivity index (χ1v) is 11.2. The molecule has 0 fully saturated rings. The van der Waals surface area contributed by atoms with Crippen molar-refractivity contribution in [1.29, 1.82) is 0 Å². The van der Waals surface area contributed by atoms with Gasteiger partial charge in [0, 0.05) is 30.3 Å². The molecular formula is C27H32N2O4. The summed E-state index contributed by atoms with van der Waals surface area (Å²) >= 11 is 0. The topological polar surface area (TPSA) is 102 Å². The lowest BCUT2D eigenvalue weighted by Gasteiger charge is -2.18. The fourth-order valence-corrected chi connectivity index (χ4v) is 3.71. The zero-order chi connectivity index (χ0) is 23.6. The monoisotopic (exact) mass is 448 g/mol. The molecule has 174 valence electrons. The lowest BCUT2D eigenvalue weighted by Crippen LogP contribution is -2.32. The molecule has 0 saturated heterocycles. The van der Waals surface area contributed by atoms with E-state index in [0.29, 0.717) is 30.5 Å². The molecule has 0 heterocycles. The number of amides is 1. The number of aliphatic hydroxyl groups excluding tert-OH is 2. The molecule has 0 unspecified atom stereocenters. The zero-order valence-electron chi connectivity index (χ0n) is 18.9. The van der Waals surface area contributed by atoms with Crippen LogP contribution >= 0.6 is 0 Å². The normalized spacial score (nSPS) is 12.8. The number of phenols is 1. The van der Waals surface area contributed by atoms with Crippen LogP contribution in [0.4, 0.5) is 5.69 Å². The highest BCUT2D eigenvalue weighted by molar-refractivity contribution is 5.90. The third-order valence-electron chi connectivity index (χ3n) is 5.55. The number of nitrogens with one attached hydrogen (secondary N) is 2. The van der Waals surface area contributed by atoms with E-state index < -0.39 is 6.10 Å². The predicted molar refractivity (Wildman–Crippen MR) is 130 cm³/mol. The van der Waals surface area contributed by atoms with Crippen molar-refractivity contribution in [3.8, 4) is 5.75 Å². The summed E-state index contributed by atoms with van der Waals surface area (Å²) < 4.78 is 0. The summed E-state index contributed by atoms with van der Waals surface area (Å²) in [6, 6.07) is 22.6. The Kier molecular flexibility index (Phi) is 9.01. The molecular weight excluding hydrogens is 416 g/mol. The second-order valence-electron chi connectivity index (χ2n) is 8.31. The summed E-state index contributed by atoms with van der Waals surface area (Å²) in [7, 11) is 0. The van der Waals surface area contributed by atoms with Crippen LogP contribution in [0.2, 0.25) is 0 Å². The van der Waals surface area contributed by atoms with E-state index in [0.717, 1.165) is 23.2 Å². The van der Waals surface area contributed by atoms with Crippen LogP contribution in [-0.4, -0.2) is 33.8 Å². The maximum atomic E-state index is 12.2. The van der Waals surface area contributed by atoms with Crippen molar-refractivity contribution in [1.82, 2.24) is 5.32 Å². The quantitative estimate of drug-likeness (QED) is 0.308. The summed E-state index contributed by atoms with van der Waals surface area (Å²) in [6.07, 6.45) is 1.13. The van der Waals surface area contributed by atoms with Gasteiger partial charge in [-0.2, -0.15) is 0 Å². The van der Waals surface area contributed by atoms with Crippen LogP contribution < -0.4 is 10.6 Å². The Labute approximate surface area is 194 Å². The van der Waals surface area contributed by atoms with Gasteiger partial charge in [0.25, 0.3) is 0 Å². The third-order valence-corrected chi connectivity index (χ3v) is 5.55. The van der Waals surface area contributed by atoms with Gasteiger partial charge in [-0.3, -0.25) is 4.79 Å². The molecule has 0 bridgehead atoms. The number of rotatable bonds is 11. The summed E-state index contributed by atoms with van der Waals surface area (Å²) in [5.74, 6) is 0.0152. The zero-order valence-corrected chi connectivity index (χ0v) is 18.9. The third kappa shape index (κ3) is 7.71. The molecule has 0 aliphatic rings. The van der Waals surface area contributed by atoms with E-state index in [1.54, 1.807) is 12.1 Å². The number of para-hydroxylation sites is 1. The van der Waals surface area contributed by atoms with Crippen molar-refractivity contribution in [3.05, 3.63) is 95.1 Å². The van der Waals surface area contributed by atoms with Crippen molar-refractivity contribution < 1.29 is 20.1 Å². The number of carbonyl (C=O) groups excluding carboxylic acids is 1. The first kappa shape index (κ1) is 24.5. The molecule has 6 heteroatoms. The molecule has 6 nitrogen and oxygen atoms in total. The smallest absolute Gasteiger partial charge is 0.224 e. The number of aliphatic hydroxyl groups is 2. The Hall–Kier alpha value is -3.19. The Morgan fingerprint density at radius 2 is 1.73 bits per heavy atom. The Bertz CT molecular complexity index is 1040. The van der Waals surface area contributed by atoms with Gasteiger partial charge in [0.05, 0.1) is 12.7 Å². The molecule has 0 radical (unpaired) electrons. The number of aromatic hydroxyl groups is 1. The molecule has 33 heavy (non-hydrogen) atoms. The Morgan fingerprint density at radius 3 is 2.48 bits per heavy atom. The standard InChI is InChI=1S/C27H32N2O4/c1-19(28-17-26(32)22-11-12-25(31)23(16-22)18-30)14-21-7-5-6-20(15-21)10-13-27(33)29-24-8-3-2-4-9-24/h2-9,11-12,15-16,19,26,28,30-32H,10,13-14,17-18H2,1H3,(H,29,33)/t19-,26+/m1/s1. The minimum atomic E-state index is -0.743. The van der Waals surface area contributed by atoms with E-state index in [1.807, 2.05) is 42.5 Å². The fourth-order valence-electron chi connectivity index (χ4n) is 3.71. The lowest BCUT2D eigenvalue weighted by molar-refractivity contribution is -0.116. The van der Waals surface area contributed by atoms with Crippen molar-refractivity contribution in [2.24, 2.45) is 0 Å². The van der Waals surface area contributed by atoms with Crippen LogP contribution in [0.5, 0.6) is 5.75 Å². The van der Waals surface area contributed by atoms with Gasteiger partial charge in [-0.1, -0.05) is 48.5 Å². The van der Waals surface area contributed by atoms with Gasteiger partial charge in [0.1, 0.15) is 5.75 Å². The highest BCUT2D eigenvalue weighted by Gasteiger charge is 2.12. The molecule has 1 amide bonds. The molecule has 3 aromatic carbocycles. The fraction of sp³-hybridized carbons (Fsp3) is 0.296.